The third-order valence-electron chi connectivity index (χ3n) is 2.71. The van der Waals surface area contributed by atoms with Crippen molar-refractivity contribution in [3.05, 3.63) is 34.1 Å². The second kappa shape index (κ2) is 5.38. The highest BCUT2D eigenvalue weighted by atomic mass is 79.9. The molecule has 0 saturated heterocycles. The summed E-state index contributed by atoms with van der Waals surface area (Å²) in [5, 5.41) is 15.3. The first-order valence-corrected chi connectivity index (χ1v) is 6.95. The molecular weight excluding hydrogens is 306 g/mol. The minimum absolute atomic E-state index is 0.0308. The fourth-order valence-electron chi connectivity index (χ4n) is 1.66. The summed E-state index contributed by atoms with van der Waals surface area (Å²) >= 11 is 3.48. The van der Waals surface area contributed by atoms with Crippen LogP contribution >= 0.6 is 15.9 Å². The Morgan fingerprint density at radius 2 is 2.05 bits per heavy atom. The van der Waals surface area contributed by atoms with Crippen molar-refractivity contribution in [3.63, 3.8) is 0 Å². The summed E-state index contributed by atoms with van der Waals surface area (Å²) in [6, 6.07) is 6.07. The second-order valence-corrected chi connectivity index (χ2v) is 6.46. The lowest BCUT2D eigenvalue weighted by Crippen LogP contribution is -2.36. The maximum Gasteiger partial charge on any atom is 0.170 e. The summed E-state index contributed by atoms with van der Waals surface area (Å²) in [6.45, 7) is 9.02. The van der Waals surface area contributed by atoms with E-state index in [9.17, 15) is 0 Å². The van der Waals surface area contributed by atoms with E-state index in [1.165, 1.54) is 0 Å². The molecule has 2 aromatic rings. The van der Waals surface area contributed by atoms with Gasteiger partial charge in [0.1, 0.15) is 0 Å². The molecule has 0 unspecified atom stereocenters. The lowest BCUT2D eigenvalue weighted by Gasteiger charge is -2.20. The Morgan fingerprint density at radius 1 is 1.32 bits per heavy atom. The molecule has 1 aromatic heterocycles. The largest absolute Gasteiger partial charge is 0.305 e. The monoisotopic (exact) mass is 323 g/mol. The molecule has 1 heterocycles. The molecule has 0 bridgehead atoms. The van der Waals surface area contributed by atoms with Gasteiger partial charge < -0.3 is 5.32 Å². The number of rotatable bonds is 3. The highest BCUT2D eigenvalue weighted by Gasteiger charge is 2.14. The molecule has 6 heteroatoms. The van der Waals surface area contributed by atoms with Crippen LogP contribution in [0.15, 0.2) is 22.7 Å². The van der Waals surface area contributed by atoms with Crippen LogP contribution in [0.5, 0.6) is 0 Å². The quantitative estimate of drug-likeness (QED) is 0.943. The van der Waals surface area contributed by atoms with E-state index in [0.717, 1.165) is 21.5 Å². The van der Waals surface area contributed by atoms with Crippen LogP contribution < -0.4 is 5.32 Å². The zero-order valence-electron chi connectivity index (χ0n) is 11.6. The third kappa shape index (κ3) is 3.61. The van der Waals surface area contributed by atoms with E-state index in [1.807, 2.05) is 25.1 Å². The minimum Gasteiger partial charge on any atom is -0.305 e. The van der Waals surface area contributed by atoms with E-state index in [2.05, 4.69) is 57.5 Å². The Kier molecular flexibility index (Phi) is 4.01. The molecule has 0 amide bonds. The third-order valence-corrected chi connectivity index (χ3v) is 3.20. The van der Waals surface area contributed by atoms with Crippen LogP contribution in [0, 0.1) is 6.92 Å². The summed E-state index contributed by atoms with van der Waals surface area (Å²) < 4.78 is 2.79. The highest BCUT2D eigenvalue weighted by Crippen LogP contribution is 2.19. The van der Waals surface area contributed by atoms with Gasteiger partial charge in [0, 0.05) is 10.0 Å². The van der Waals surface area contributed by atoms with E-state index < -0.39 is 0 Å². The zero-order valence-corrected chi connectivity index (χ0v) is 13.2. The SMILES string of the molecule is Cc1ccc(Br)cc1-n1nnnc1CNC(C)(C)C. The van der Waals surface area contributed by atoms with E-state index in [0.29, 0.717) is 6.54 Å². The molecule has 0 aliphatic heterocycles. The van der Waals surface area contributed by atoms with E-state index in [4.69, 9.17) is 0 Å². The Balaban J connectivity index is 2.31. The van der Waals surface area contributed by atoms with Crippen molar-refractivity contribution in [2.75, 3.05) is 0 Å². The van der Waals surface area contributed by atoms with E-state index in [1.54, 1.807) is 4.68 Å². The topological polar surface area (TPSA) is 55.6 Å². The Morgan fingerprint density at radius 3 is 2.74 bits per heavy atom. The average Bonchev–Trinajstić information content (AvgIpc) is 2.77. The molecular formula is C13H18BrN5. The van der Waals surface area contributed by atoms with Gasteiger partial charge in [-0.1, -0.05) is 22.0 Å². The molecule has 0 aliphatic carbocycles. The van der Waals surface area contributed by atoms with Crippen molar-refractivity contribution in [2.45, 2.75) is 39.8 Å². The predicted octanol–water partition coefficient (Wildman–Crippen LogP) is 2.62. The number of nitrogens with one attached hydrogen (secondary N) is 1. The number of benzene rings is 1. The normalized spacial score (nSPS) is 11.8. The van der Waals surface area contributed by atoms with Crippen molar-refractivity contribution in [3.8, 4) is 5.69 Å². The molecule has 102 valence electrons. The van der Waals surface area contributed by atoms with Crippen molar-refractivity contribution in [2.24, 2.45) is 0 Å². The van der Waals surface area contributed by atoms with Gasteiger partial charge in [0.15, 0.2) is 5.82 Å². The number of hydrogen-bond donors (Lipinski definition) is 1. The lowest BCUT2D eigenvalue weighted by molar-refractivity contribution is 0.415. The Hall–Kier alpha value is -1.27. The molecule has 2 rings (SSSR count). The molecule has 5 nitrogen and oxygen atoms in total. The van der Waals surface area contributed by atoms with Crippen molar-refractivity contribution in [1.29, 1.82) is 0 Å². The van der Waals surface area contributed by atoms with Crippen LogP contribution in [-0.4, -0.2) is 25.7 Å². The van der Waals surface area contributed by atoms with Crippen molar-refractivity contribution < 1.29 is 0 Å². The molecule has 0 saturated carbocycles. The van der Waals surface area contributed by atoms with E-state index >= 15 is 0 Å². The van der Waals surface area contributed by atoms with Gasteiger partial charge in [-0.3, -0.25) is 0 Å². The average molecular weight is 324 g/mol. The maximum absolute atomic E-state index is 4.09. The van der Waals surface area contributed by atoms with Crippen LogP contribution in [0.25, 0.3) is 5.69 Å². The molecule has 0 radical (unpaired) electrons. The Bertz CT molecular complexity index is 571. The van der Waals surface area contributed by atoms with Crippen LogP contribution in [0.2, 0.25) is 0 Å². The molecule has 0 atom stereocenters. The summed E-state index contributed by atoms with van der Waals surface area (Å²) in [5.74, 6) is 0.802. The highest BCUT2D eigenvalue weighted by molar-refractivity contribution is 9.10. The first-order valence-electron chi connectivity index (χ1n) is 6.15. The number of hydrogen-bond acceptors (Lipinski definition) is 4. The molecule has 1 aromatic carbocycles. The standard InChI is InChI=1S/C13H18BrN5/c1-9-5-6-10(14)7-11(9)19-12(16-17-18-19)8-15-13(2,3)4/h5-7,15H,8H2,1-4H3. The van der Waals surface area contributed by atoms with Crippen LogP contribution in [-0.2, 0) is 6.54 Å². The molecule has 19 heavy (non-hydrogen) atoms. The fourth-order valence-corrected chi connectivity index (χ4v) is 2.01. The number of aryl methyl sites for hydroxylation is 1. The van der Waals surface area contributed by atoms with E-state index in [-0.39, 0.29) is 5.54 Å². The molecule has 1 N–H and O–H groups in total. The second-order valence-electron chi connectivity index (χ2n) is 5.54. The first-order chi connectivity index (χ1) is 8.87. The van der Waals surface area contributed by atoms with Gasteiger partial charge in [-0.15, -0.1) is 5.10 Å². The smallest absolute Gasteiger partial charge is 0.170 e. The predicted molar refractivity (Wildman–Crippen MR) is 78.2 cm³/mol. The summed E-state index contributed by atoms with van der Waals surface area (Å²) in [6.07, 6.45) is 0. The van der Waals surface area contributed by atoms with Gasteiger partial charge in [0.2, 0.25) is 0 Å². The van der Waals surface area contributed by atoms with Crippen LogP contribution in [0.3, 0.4) is 0 Å². The Labute approximate surface area is 121 Å². The maximum atomic E-state index is 4.09. The summed E-state index contributed by atoms with van der Waals surface area (Å²) in [4.78, 5) is 0. The number of nitrogens with zero attached hydrogens (tertiary/aromatic N) is 4. The van der Waals surface area contributed by atoms with Gasteiger partial charge in [0.25, 0.3) is 0 Å². The number of aromatic nitrogens is 4. The summed E-state index contributed by atoms with van der Waals surface area (Å²) in [5.41, 5.74) is 2.15. The van der Waals surface area contributed by atoms with Gasteiger partial charge in [0.05, 0.1) is 12.2 Å². The lowest BCUT2D eigenvalue weighted by atomic mass is 10.1. The molecule has 0 spiro atoms. The van der Waals surface area contributed by atoms with Gasteiger partial charge >= 0.3 is 0 Å². The number of halogens is 1. The molecule has 0 fully saturated rings. The summed E-state index contributed by atoms with van der Waals surface area (Å²) in [7, 11) is 0. The molecule has 0 aliphatic rings. The van der Waals surface area contributed by atoms with Crippen molar-refractivity contribution in [1.82, 2.24) is 25.5 Å². The first kappa shape index (κ1) is 14.1. The van der Waals surface area contributed by atoms with Crippen molar-refractivity contribution >= 4 is 15.9 Å². The fraction of sp³-hybridized carbons (Fsp3) is 0.462. The number of tetrazole rings is 1. The van der Waals surface area contributed by atoms with Gasteiger partial charge in [-0.2, -0.15) is 4.68 Å². The zero-order chi connectivity index (χ0) is 14.0. The minimum atomic E-state index is 0.0308. The van der Waals surface area contributed by atoms with Gasteiger partial charge in [-0.25, -0.2) is 0 Å². The van der Waals surface area contributed by atoms with Gasteiger partial charge in [-0.05, 0) is 55.8 Å². The van der Waals surface area contributed by atoms with Crippen LogP contribution in [0.4, 0.5) is 0 Å². The van der Waals surface area contributed by atoms with Crippen LogP contribution in [0.1, 0.15) is 32.2 Å².